The Labute approximate surface area is 86.9 Å². The maximum Gasteiger partial charge on any atom is 0.343 e. The highest BCUT2D eigenvalue weighted by molar-refractivity contribution is 5.90. The summed E-state index contributed by atoms with van der Waals surface area (Å²) < 4.78 is 31.0. The van der Waals surface area contributed by atoms with Crippen molar-refractivity contribution in [3.05, 3.63) is 34.9 Å². The van der Waals surface area contributed by atoms with Crippen LogP contribution in [0.1, 0.15) is 35.7 Å². The normalized spacial score (nSPS) is 10.5. The van der Waals surface area contributed by atoms with E-state index in [1.54, 1.807) is 0 Å². The van der Waals surface area contributed by atoms with E-state index in [1.165, 1.54) is 0 Å². The monoisotopic (exact) mass is 214 g/mol. The van der Waals surface area contributed by atoms with Gasteiger partial charge in [0, 0.05) is 0 Å². The second-order valence-electron chi connectivity index (χ2n) is 3.51. The Kier molecular flexibility index (Phi) is 3.39. The highest BCUT2D eigenvalue weighted by Gasteiger charge is 2.19. The molecule has 0 aromatic heterocycles. The Balaban J connectivity index is 3.27. The summed E-state index contributed by atoms with van der Waals surface area (Å²) in [4.78, 5) is 11.0. The van der Waals surface area contributed by atoms with Gasteiger partial charge in [0.1, 0.15) is 17.2 Å². The zero-order valence-electron chi connectivity index (χ0n) is 8.80. The minimum absolute atomic E-state index is 0.000645. The van der Waals surface area contributed by atoms with Gasteiger partial charge in [-0.05, 0) is 23.6 Å². The average molecular weight is 214 g/mol. The minimum atomic E-state index is -1.000. The molecular formula is C11H12F2O2. The Morgan fingerprint density at radius 2 is 1.73 bits per heavy atom. The van der Waals surface area contributed by atoms with E-state index in [4.69, 9.17) is 0 Å². The van der Waals surface area contributed by atoms with Crippen LogP contribution in [-0.2, 0) is 4.74 Å². The number of halogens is 2. The van der Waals surface area contributed by atoms with Crippen molar-refractivity contribution in [1.82, 2.24) is 0 Å². The molecule has 0 N–H and O–H groups in total. The fraction of sp³-hybridized carbons (Fsp3) is 0.364. The van der Waals surface area contributed by atoms with Crippen LogP contribution in [0.3, 0.4) is 0 Å². The molecule has 0 atom stereocenters. The van der Waals surface area contributed by atoms with Gasteiger partial charge in [0.2, 0.25) is 0 Å². The lowest BCUT2D eigenvalue weighted by atomic mass is 10.0. The molecule has 0 heterocycles. The lowest BCUT2D eigenvalue weighted by Crippen LogP contribution is -2.09. The molecule has 15 heavy (non-hydrogen) atoms. The summed E-state index contributed by atoms with van der Waals surface area (Å²) in [6.07, 6.45) is 0. The van der Waals surface area contributed by atoms with Gasteiger partial charge in [-0.25, -0.2) is 13.6 Å². The summed E-state index contributed by atoms with van der Waals surface area (Å²) >= 11 is 0. The van der Waals surface area contributed by atoms with Gasteiger partial charge in [-0.1, -0.05) is 13.8 Å². The van der Waals surface area contributed by atoms with Crippen molar-refractivity contribution in [2.45, 2.75) is 19.8 Å². The molecule has 1 rings (SSSR count). The highest BCUT2D eigenvalue weighted by atomic mass is 19.1. The maximum atomic E-state index is 13.4. The van der Waals surface area contributed by atoms with Crippen molar-refractivity contribution < 1.29 is 18.3 Å². The average Bonchev–Trinajstić information content (AvgIpc) is 2.16. The number of hydrogen-bond acceptors (Lipinski definition) is 2. The number of carbonyl (C=O) groups excluding carboxylic acids is 1. The SMILES string of the molecule is COC(=O)c1c(F)cc(C(C)C)cc1F. The van der Waals surface area contributed by atoms with E-state index in [2.05, 4.69) is 4.74 Å². The third-order valence-corrected chi connectivity index (χ3v) is 2.12. The molecule has 0 unspecified atom stereocenters. The minimum Gasteiger partial charge on any atom is -0.465 e. The topological polar surface area (TPSA) is 26.3 Å². The number of hydrogen-bond donors (Lipinski definition) is 0. The number of ether oxygens (including phenoxy) is 1. The van der Waals surface area contributed by atoms with Crippen LogP contribution in [0, 0.1) is 11.6 Å². The summed E-state index contributed by atoms with van der Waals surface area (Å²) in [7, 11) is 1.08. The molecule has 4 heteroatoms. The van der Waals surface area contributed by atoms with Gasteiger partial charge in [-0.15, -0.1) is 0 Å². The van der Waals surface area contributed by atoms with Crippen LogP contribution in [0.25, 0.3) is 0 Å². The van der Waals surface area contributed by atoms with E-state index >= 15 is 0 Å². The van der Waals surface area contributed by atoms with Crippen LogP contribution in [0.5, 0.6) is 0 Å². The number of methoxy groups -OCH3 is 1. The first-order valence-corrected chi connectivity index (χ1v) is 4.54. The van der Waals surface area contributed by atoms with E-state index in [0.29, 0.717) is 5.56 Å². The van der Waals surface area contributed by atoms with Gasteiger partial charge < -0.3 is 4.74 Å². The number of esters is 1. The van der Waals surface area contributed by atoms with Crippen molar-refractivity contribution in [3.8, 4) is 0 Å². The van der Waals surface area contributed by atoms with Crippen LogP contribution in [0.4, 0.5) is 8.78 Å². The molecule has 0 saturated heterocycles. The van der Waals surface area contributed by atoms with Gasteiger partial charge in [-0.3, -0.25) is 0 Å². The van der Waals surface area contributed by atoms with E-state index in [1.807, 2.05) is 13.8 Å². The number of carbonyl (C=O) groups is 1. The number of rotatable bonds is 2. The third kappa shape index (κ3) is 2.32. The van der Waals surface area contributed by atoms with Crippen LogP contribution in [0.2, 0.25) is 0 Å². The summed E-state index contributed by atoms with van der Waals surface area (Å²) in [5.41, 5.74) is -0.125. The van der Waals surface area contributed by atoms with Crippen molar-refractivity contribution in [2.24, 2.45) is 0 Å². The molecule has 0 aliphatic heterocycles. The lowest BCUT2D eigenvalue weighted by Gasteiger charge is -2.08. The zero-order valence-corrected chi connectivity index (χ0v) is 8.80. The smallest absolute Gasteiger partial charge is 0.343 e. The largest absolute Gasteiger partial charge is 0.465 e. The molecule has 0 fully saturated rings. The second kappa shape index (κ2) is 4.38. The van der Waals surface area contributed by atoms with Gasteiger partial charge in [0.25, 0.3) is 0 Å². The van der Waals surface area contributed by atoms with Crippen molar-refractivity contribution in [3.63, 3.8) is 0 Å². The molecule has 0 amide bonds. The zero-order chi connectivity index (χ0) is 11.6. The molecule has 0 aliphatic carbocycles. The molecule has 82 valence electrons. The first-order valence-electron chi connectivity index (χ1n) is 4.54. The van der Waals surface area contributed by atoms with Gasteiger partial charge in [0.15, 0.2) is 0 Å². The van der Waals surface area contributed by atoms with Gasteiger partial charge >= 0.3 is 5.97 Å². The van der Waals surface area contributed by atoms with E-state index in [0.717, 1.165) is 19.2 Å². The Bertz CT molecular complexity index is 363. The molecule has 0 saturated carbocycles. The van der Waals surface area contributed by atoms with Crippen molar-refractivity contribution >= 4 is 5.97 Å². The Hall–Kier alpha value is -1.45. The maximum absolute atomic E-state index is 13.4. The standard InChI is InChI=1S/C11H12F2O2/c1-6(2)7-4-8(12)10(9(13)5-7)11(14)15-3/h4-6H,1-3H3. The van der Waals surface area contributed by atoms with Crippen LogP contribution in [0.15, 0.2) is 12.1 Å². The quantitative estimate of drug-likeness (QED) is 0.707. The summed E-state index contributed by atoms with van der Waals surface area (Å²) in [5.74, 6) is -2.77. The molecule has 2 nitrogen and oxygen atoms in total. The molecule has 0 aliphatic rings. The Morgan fingerprint density at radius 3 is 2.07 bits per heavy atom. The molecule has 0 radical (unpaired) electrons. The molecule has 1 aromatic carbocycles. The predicted molar refractivity (Wildman–Crippen MR) is 51.8 cm³/mol. The van der Waals surface area contributed by atoms with Crippen LogP contribution < -0.4 is 0 Å². The van der Waals surface area contributed by atoms with E-state index in [-0.39, 0.29) is 5.92 Å². The van der Waals surface area contributed by atoms with Crippen molar-refractivity contribution in [2.75, 3.05) is 7.11 Å². The van der Waals surface area contributed by atoms with E-state index in [9.17, 15) is 13.6 Å². The molecular weight excluding hydrogens is 202 g/mol. The summed E-state index contributed by atoms with van der Waals surface area (Å²) in [6, 6.07) is 2.31. The first kappa shape index (κ1) is 11.6. The van der Waals surface area contributed by atoms with Gasteiger partial charge in [0.05, 0.1) is 7.11 Å². The van der Waals surface area contributed by atoms with Crippen molar-refractivity contribution in [1.29, 1.82) is 0 Å². The van der Waals surface area contributed by atoms with Crippen LogP contribution in [-0.4, -0.2) is 13.1 Å². The summed E-state index contributed by atoms with van der Waals surface area (Å²) in [5, 5.41) is 0. The summed E-state index contributed by atoms with van der Waals surface area (Å²) in [6.45, 7) is 3.62. The van der Waals surface area contributed by atoms with E-state index < -0.39 is 23.2 Å². The third-order valence-electron chi connectivity index (χ3n) is 2.12. The molecule has 0 bridgehead atoms. The highest BCUT2D eigenvalue weighted by Crippen LogP contribution is 2.21. The Morgan fingerprint density at radius 1 is 1.27 bits per heavy atom. The van der Waals surface area contributed by atoms with Crippen LogP contribution >= 0.6 is 0 Å². The fourth-order valence-electron chi connectivity index (χ4n) is 1.22. The predicted octanol–water partition coefficient (Wildman–Crippen LogP) is 2.87. The van der Waals surface area contributed by atoms with Gasteiger partial charge in [-0.2, -0.15) is 0 Å². The fourth-order valence-corrected chi connectivity index (χ4v) is 1.22. The molecule has 1 aromatic rings. The first-order chi connectivity index (χ1) is 6.97. The second-order valence-corrected chi connectivity index (χ2v) is 3.51. The lowest BCUT2D eigenvalue weighted by molar-refractivity contribution is 0.0590. The number of benzene rings is 1. The molecule has 0 spiro atoms.